The molecule has 0 aromatic heterocycles. The van der Waals surface area contributed by atoms with E-state index < -0.39 is 16.9 Å². The number of morpholine rings is 1. The fourth-order valence-corrected chi connectivity index (χ4v) is 8.86. The lowest BCUT2D eigenvalue weighted by molar-refractivity contribution is -0.384. The number of likely N-dealkylation sites (N-methyl/N-ethyl adjacent to an activating group) is 1. The Bertz CT molecular complexity index is 1760. The highest BCUT2D eigenvalue weighted by Gasteiger charge is 2.56. The topological polar surface area (TPSA) is 126 Å². The van der Waals surface area contributed by atoms with Crippen molar-refractivity contribution in [1.82, 2.24) is 20.4 Å². The van der Waals surface area contributed by atoms with E-state index in [-0.39, 0.29) is 29.2 Å². The normalized spacial score (nSPS) is 24.4. The van der Waals surface area contributed by atoms with Crippen molar-refractivity contribution in [2.75, 3.05) is 47.5 Å². The molecule has 4 fully saturated rings. The highest BCUT2D eigenvalue weighted by molar-refractivity contribution is 5.97. The van der Waals surface area contributed by atoms with Gasteiger partial charge in [-0.1, -0.05) is 69.3 Å². The van der Waals surface area contributed by atoms with E-state index in [1.165, 1.54) is 18.6 Å². The van der Waals surface area contributed by atoms with E-state index in [2.05, 4.69) is 36.3 Å². The zero-order valence-electron chi connectivity index (χ0n) is 31.3. The molecule has 4 aliphatic rings. The van der Waals surface area contributed by atoms with E-state index in [4.69, 9.17) is 9.47 Å². The predicted octanol–water partition coefficient (Wildman–Crippen LogP) is 5.56. The zero-order valence-corrected chi connectivity index (χ0v) is 31.3. The molecule has 1 saturated heterocycles. The number of para-hydroxylation sites is 1. The largest absolute Gasteiger partial charge is 0.496 e. The number of rotatable bonds is 13. The smallest absolute Gasteiger partial charge is 0.270 e. The highest BCUT2D eigenvalue weighted by Crippen LogP contribution is 2.61. The molecule has 278 valence electrons. The summed E-state index contributed by atoms with van der Waals surface area (Å²) in [6.45, 7) is 9.38. The molecule has 11 heteroatoms. The molecule has 1 heterocycles. The average Bonchev–Trinajstić information content (AvgIpc) is 3.12. The molecule has 3 saturated carbocycles. The number of carbonyl (C=O) groups excluding carboxylic acids is 2. The molecule has 1 aliphatic heterocycles. The van der Waals surface area contributed by atoms with Crippen LogP contribution in [0.1, 0.15) is 55.1 Å². The summed E-state index contributed by atoms with van der Waals surface area (Å²) in [6, 6.07) is 19.5. The number of fused-ring (bicyclic) bond motifs is 2. The van der Waals surface area contributed by atoms with Gasteiger partial charge in [-0.05, 0) is 73.7 Å². The second-order valence-electron chi connectivity index (χ2n) is 15.8. The summed E-state index contributed by atoms with van der Waals surface area (Å²) < 4.78 is 11.8. The molecule has 0 unspecified atom stereocenters. The Hall–Kier alpha value is -4.32. The lowest BCUT2D eigenvalue weighted by Gasteiger charge is -2.62. The maximum atomic E-state index is 13.8. The van der Waals surface area contributed by atoms with E-state index >= 15 is 0 Å². The minimum Gasteiger partial charge on any atom is -0.496 e. The van der Waals surface area contributed by atoms with Crippen molar-refractivity contribution in [2.24, 2.45) is 23.2 Å². The van der Waals surface area contributed by atoms with Gasteiger partial charge < -0.3 is 25.0 Å². The van der Waals surface area contributed by atoms with Gasteiger partial charge in [0.15, 0.2) is 0 Å². The Kier molecular flexibility index (Phi) is 11.3. The first-order chi connectivity index (χ1) is 24.8. The van der Waals surface area contributed by atoms with Crippen molar-refractivity contribution in [3.05, 3.63) is 93.5 Å². The van der Waals surface area contributed by atoms with Crippen LogP contribution in [0.25, 0.3) is 11.1 Å². The van der Waals surface area contributed by atoms with Crippen molar-refractivity contribution in [2.45, 2.75) is 64.7 Å². The first-order valence-electron chi connectivity index (χ1n) is 18.4. The van der Waals surface area contributed by atoms with Gasteiger partial charge in [0.25, 0.3) is 11.6 Å². The van der Waals surface area contributed by atoms with Crippen molar-refractivity contribution in [3.63, 3.8) is 0 Å². The summed E-state index contributed by atoms with van der Waals surface area (Å²) in [7, 11) is 5.46. The number of carbonyl (C=O) groups is 2. The van der Waals surface area contributed by atoms with Crippen molar-refractivity contribution < 1.29 is 24.0 Å². The minimum atomic E-state index is -0.480. The Balaban J connectivity index is 1.23. The summed E-state index contributed by atoms with van der Waals surface area (Å²) in [5.41, 5.74) is 3.37. The third-order valence-corrected chi connectivity index (χ3v) is 11.8. The number of benzene rings is 3. The summed E-state index contributed by atoms with van der Waals surface area (Å²) in [4.78, 5) is 43.4. The molecule has 52 heavy (non-hydrogen) atoms. The van der Waals surface area contributed by atoms with Crippen LogP contribution in [0.4, 0.5) is 5.69 Å². The Morgan fingerprint density at radius 3 is 2.54 bits per heavy atom. The molecule has 0 spiro atoms. The van der Waals surface area contributed by atoms with Crippen LogP contribution in [0, 0.1) is 33.3 Å². The number of ether oxygens (including phenoxy) is 2. The van der Waals surface area contributed by atoms with Gasteiger partial charge in [0.05, 0.1) is 25.2 Å². The summed E-state index contributed by atoms with van der Waals surface area (Å²) in [5.74, 6) is 1.81. The first-order valence-corrected chi connectivity index (χ1v) is 18.4. The third-order valence-electron chi connectivity index (χ3n) is 11.8. The molecule has 2 bridgehead atoms. The van der Waals surface area contributed by atoms with E-state index in [1.807, 2.05) is 67.5 Å². The van der Waals surface area contributed by atoms with Crippen LogP contribution >= 0.6 is 0 Å². The van der Waals surface area contributed by atoms with Crippen LogP contribution in [0.5, 0.6) is 5.75 Å². The lowest BCUT2D eigenvalue weighted by Crippen LogP contribution is -2.63. The van der Waals surface area contributed by atoms with Gasteiger partial charge in [0.2, 0.25) is 5.91 Å². The Labute approximate surface area is 307 Å². The molecule has 3 aromatic rings. The van der Waals surface area contributed by atoms with Gasteiger partial charge in [0, 0.05) is 60.5 Å². The number of hydrogen-bond acceptors (Lipinski definition) is 8. The monoisotopic (exact) mass is 711 g/mol. The minimum absolute atomic E-state index is 0.0139. The SMILES string of the molecule is COc1c(CN2CCOC[C@H]2C(=O)N[C@H]2C[C@@H]3C[C@@H]([C@@H]2C)C3(C)C)cccc1-c1cc(C(=O)N[C@@H](Cc2ccccc2)CN(C)C)cc([N+](=O)[O-])c1. The lowest BCUT2D eigenvalue weighted by atomic mass is 9.45. The van der Waals surface area contributed by atoms with Crippen LogP contribution < -0.4 is 15.4 Å². The van der Waals surface area contributed by atoms with Crippen LogP contribution in [0.2, 0.25) is 0 Å². The second kappa shape index (κ2) is 15.7. The molecule has 0 radical (unpaired) electrons. The van der Waals surface area contributed by atoms with Crippen LogP contribution in [0.3, 0.4) is 0 Å². The maximum Gasteiger partial charge on any atom is 0.270 e. The predicted molar refractivity (Wildman–Crippen MR) is 201 cm³/mol. The number of non-ortho nitro benzene ring substituents is 1. The number of amides is 2. The van der Waals surface area contributed by atoms with Crippen molar-refractivity contribution >= 4 is 17.5 Å². The molecule has 3 aromatic carbocycles. The number of nitrogens with zero attached hydrogens (tertiary/aromatic N) is 3. The molecular weight excluding hydrogens is 658 g/mol. The zero-order chi connectivity index (χ0) is 37.2. The number of nitrogens with one attached hydrogen (secondary N) is 2. The quantitative estimate of drug-likeness (QED) is 0.175. The molecule has 6 atom stereocenters. The van der Waals surface area contributed by atoms with E-state index in [0.717, 1.165) is 17.5 Å². The van der Waals surface area contributed by atoms with Gasteiger partial charge in [0.1, 0.15) is 11.8 Å². The second-order valence-corrected chi connectivity index (χ2v) is 15.8. The summed E-state index contributed by atoms with van der Waals surface area (Å²) in [5, 5.41) is 18.7. The van der Waals surface area contributed by atoms with Gasteiger partial charge in [-0.2, -0.15) is 0 Å². The molecule has 11 nitrogen and oxygen atoms in total. The Morgan fingerprint density at radius 2 is 1.87 bits per heavy atom. The maximum absolute atomic E-state index is 13.8. The fourth-order valence-electron chi connectivity index (χ4n) is 8.86. The summed E-state index contributed by atoms with van der Waals surface area (Å²) >= 11 is 0. The molecular formula is C41H53N5O6. The molecule has 2 N–H and O–H groups in total. The Morgan fingerprint density at radius 1 is 1.10 bits per heavy atom. The first kappa shape index (κ1) is 37.4. The molecule has 3 aliphatic carbocycles. The highest BCUT2D eigenvalue weighted by atomic mass is 16.6. The van der Waals surface area contributed by atoms with Gasteiger partial charge in [-0.15, -0.1) is 0 Å². The van der Waals surface area contributed by atoms with Crippen molar-refractivity contribution in [1.29, 1.82) is 0 Å². The standard InChI is InChI=1S/C41H53N5O6/c1-26-35-21-31(41(35,2)3)22-36(26)43-40(48)37-25-52-16-15-45(37)23-28-13-10-14-34(38(28)51-6)29-18-30(20-33(19-29)46(49)50)39(47)42-32(24-44(4)5)17-27-11-8-7-9-12-27/h7-14,18-20,26,31-32,35-37H,15-17,21-25H2,1-6H3,(H,42,47)(H,43,48)/t26-,31-,32-,35-,36-,37-/m0/s1. The van der Waals surface area contributed by atoms with Crippen LogP contribution in [0.15, 0.2) is 66.7 Å². The fraction of sp³-hybridized carbons (Fsp3) is 0.512. The van der Waals surface area contributed by atoms with E-state index in [9.17, 15) is 19.7 Å². The van der Waals surface area contributed by atoms with Gasteiger partial charge in [-0.3, -0.25) is 24.6 Å². The van der Waals surface area contributed by atoms with Crippen LogP contribution in [-0.2, 0) is 22.5 Å². The summed E-state index contributed by atoms with van der Waals surface area (Å²) in [6.07, 6.45) is 2.87. The third kappa shape index (κ3) is 8.01. The number of hydrogen-bond donors (Lipinski definition) is 2. The number of nitro benzene ring substituents is 1. The molecule has 7 rings (SSSR count). The van der Waals surface area contributed by atoms with Crippen molar-refractivity contribution in [3.8, 4) is 16.9 Å². The average molecular weight is 712 g/mol. The van der Waals surface area contributed by atoms with Gasteiger partial charge >= 0.3 is 0 Å². The van der Waals surface area contributed by atoms with Crippen LogP contribution in [-0.4, -0.2) is 92.2 Å². The number of methoxy groups -OCH3 is 1. The molecule has 2 amide bonds. The van der Waals surface area contributed by atoms with E-state index in [1.54, 1.807) is 13.2 Å². The van der Waals surface area contributed by atoms with E-state index in [0.29, 0.717) is 79.3 Å². The van der Waals surface area contributed by atoms with Gasteiger partial charge in [-0.25, -0.2) is 0 Å². The number of nitro groups is 1.